The fourth-order valence-corrected chi connectivity index (χ4v) is 2.75. The lowest BCUT2D eigenvalue weighted by atomic mass is 9.98. The van der Waals surface area contributed by atoms with Gasteiger partial charge in [0.2, 0.25) is 0 Å². The molecule has 2 aliphatic rings. The third-order valence-corrected chi connectivity index (χ3v) is 3.95. The molecule has 18 heavy (non-hydrogen) atoms. The van der Waals surface area contributed by atoms with Crippen molar-refractivity contribution in [2.24, 2.45) is 0 Å². The van der Waals surface area contributed by atoms with Gasteiger partial charge in [0.1, 0.15) is 0 Å². The highest BCUT2D eigenvalue weighted by Crippen LogP contribution is 2.26. The van der Waals surface area contributed by atoms with Crippen molar-refractivity contribution in [2.75, 3.05) is 38.1 Å². The largest absolute Gasteiger partial charge is 0.326 e. The fraction of sp³-hybridized carbons (Fsp3) is 0.500. The number of carbonyl (C=O) groups is 1. The SMILES string of the molecule is CN1CCN(c2ccc(C3CCNC3)cc2)C1=O. The molecule has 2 amide bonds. The molecule has 1 N–H and O–H groups in total. The second-order valence-electron chi connectivity index (χ2n) is 5.14. The maximum absolute atomic E-state index is 11.9. The smallest absolute Gasteiger partial charge is 0.324 e. The van der Waals surface area contributed by atoms with E-state index in [-0.39, 0.29) is 6.03 Å². The van der Waals surface area contributed by atoms with Gasteiger partial charge in [0.25, 0.3) is 0 Å². The summed E-state index contributed by atoms with van der Waals surface area (Å²) in [6.07, 6.45) is 1.21. The van der Waals surface area contributed by atoms with Crippen molar-refractivity contribution in [3.05, 3.63) is 29.8 Å². The third-order valence-electron chi connectivity index (χ3n) is 3.95. The van der Waals surface area contributed by atoms with Crippen molar-refractivity contribution in [2.45, 2.75) is 12.3 Å². The summed E-state index contributed by atoms with van der Waals surface area (Å²) in [7, 11) is 1.85. The first-order chi connectivity index (χ1) is 8.75. The molecule has 4 nitrogen and oxygen atoms in total. The molecule has 0 saturated carbocycles. The molecule has 0 aromatic heterocycles. The topological polar surface area (TPSA) is 35.6 Å². The highest BCUT2D eigenvalue weighted by molar-refractivity contribution is 5.93. The van der Waals surface area contributed by atoms with E-state index in [0.717, 1.165) is 31.9 Å². The molecule has 0 bridgehead atoms. The van der Waals surface area contributed by atoms with E-state index in [2.05, 4.69) is 29.6 Å². The Morgan fingerprint density at radius 3 is 2.56 bits per heavy atom. The first kappa shape index (κ1) is 11.5. The summed E-state index contributed by atoms with van der Waals surface area (Å²) in [6, 6.07) is 8.58. The van der Waals surface area contributed by atoms with Crippen LogP contribution in [-0.4, -0.2) is 44.2 Å². The van der Waals surface area contributed by atoms with Crippen molar-refractivity contribution in [1.82, 2.24) is 10.2 Å². The summed E-state index contributed by atoms with van der Waals surface area (Å²) in [5.41, 5.74) is 2.39. The summed E-state index contributed by atoms with van der Waals surface area (Å²) in [5, 5.41) is 3.38. The first-order valence-corrected chi connectivity index (χ1v) is 6.59. The Kier molecular flexibility index (Phi) is 2.96. The van der Waals surface area contributed by atoms with Gasteiger partial charge < -0.3 is 10.2 Å². The minimum absolute atomic E-state index is 0.102. The van der Waals surface area contributed by atoms with Crippen LogP contribution >= 0.6 is 0 Å². The second kappa shape index (κ2) is 4.61. The minimum atomic E-state index is 0.102. The average Bonchev–Trinajstić information content (AvgIpc) is 3.02. The molecule has 2 fully saturated rings. The summed E-state index contributed by atoms with van der Waals surface area (Å²) in [6.45, 7) is 3.79. The molecule has 2 saturated heterocycles. The Labute approximate surface area is 108 Å². The third kappa shape index (κ3) is 1.97. The van der Waals surface area contributed by atoms with E-state index in [4.69, 9.17) is 0 Å². The Morgan fingerprint density at radius 2 is 2.00 bits per heavy atom. The van der Waals surface area contributed by atoms with Crippen LogP contribution in [0, 0.1) is 0 Å². The molecular formula is C14H19N3O. The van der Waals surface area contributed by atoms with Crippen LogP contribution in [0.15, 0.2) is 24.3 Å². The van der Waals surface area contributed by atoms with Crippen LogP contribution < -0.4 is 10.2 Å². The zero-order chi connectivity index (χ0) is 12.5. The van der Waals surface area contributed by atoms with Crippen LogP contribution in [0.4, 0.5) is 10.5 Å². The minimum Gasteiger partial charge on any atom is -0.326 e. The number of anilines is 1. The number of rotatable bonds is 2. The Balaban J connectivity index is 1.76. The van der Waals surface area contributed by atoms with Gasteiger partial charge in [-0.25, -0.2) is 4.79 Å². The van der Waals surface area contributed by atoms with Gasteiger partial charge in [-0.15, -0.1) is 0 Å². The van der Waals surface area contributed by atoms with Gasteiger partial charge >= 0.3 is 6.03 Å². The number of urea groups is 1. The van der Waals surface area contributed by atoms with Crippen LogP contribution in [0.2, 0.25) is 0 Å². The number of nitrogens with one attached hydrogen (secondary N) is 1. The Hall–Kier alpha value is -1.55. The molecule has 1 atom stereocenters. The molecule has 2 aliphatic heterocycles. The maximum atomic E-state index is 11.9. The van der Waals surface area contributed by atoms with E-state index in [1.54, 1.807) is 4.90 Å². The van der Waals surface area contributed by atoms with E-state index < -0.39 is 0 Å². The average molecular weight is 245 g/mol. The van der Waals surface area contributed by atoms with Gasteiger partial charge in [0, 0.05) is 32.4 Å². The lowest BCUT2D eigenvalue weighted by molar-refractivity contribution is 0.229. The Bertz CT molecular complexity index is 437. The predicted octanol–water partition coefficient (Wildman–Crippen LogP) is 1.64. The normalized spacial score (nSPS) is 24.1. The molecule has 3 rings (SSSR count). The number of nitrogens with zero attached hydrogens (tertiary/aromatic N) is 2. The molecule has 1 unspecified atom stereocenters. The molecular weight excluding hydrogens is 226 g/mol. The summed E-state index contributed by atoms with van der Waals surface area (Å²) < 4.78 is 0. The van der Waals surface area contributed by atoms with E-state index in [1.807, 2.05) is 11.9 Å². The van der Waals surface area contributed by atoms with Gasteiger partial charge in [0.15, 0.2) is 0 Å². The molecule has 96 valence electrons. The van der Waals surface area contributed by atoms with Gasteiger partial charge in [0.05, 0.1) is 0 Å². The summed E-state index contributed by atoms with van der Waals surface area (Å²) >= 11 is 0. The van der Waals surface area contributed by atoms with Gasteiger partial charge in [-0.1, -0.05) is 12.1 Å². The number of likely N-dealkylation sites (N-methyl/N-ethyl adjacent to an activating group) is 1. The number of hydrogen-bond acceptors (Lipinski definition) is 2. The lowest BCUT2D eigenvalue weighted by Crippen LogP contribution is -2.29. The molecule has 1 aromatic rings. The number of carbonyl (C=O) groups excluding carboxylic acids is 1. The van der Waals surface area contributed by atoms with Crippen molar-refractivity contribution in [3.63, 3.8) is 0 Å². The van der Waals surface area contributed by atoms with E-state index in [0.29, 0.717) is 5.92 Å². The standard InChI is InChI=1S/C14H19N3O/c1-16-8-9-17(14(16)18)13-4-2-11(3-5-13)12-6-7-15-10-12/h2-5,12,15H,6-10H2,1H3. The number of amides is 2. The highest BCUT2D eigenvalue weighted by atomic mass is 16.2. The molecule has 0 radical (unpaired) electrons. The van der Waals surface area contributed by atoms with E-state index in [9.17, 15) is 4.79 Å². The lowest BCUT2D eigenvalue weighted by Gasteiger charge is -2.17. The fourth-order valence-electron chi connectivity index (χ4n) is 2.75. The van der Waals surface area contributed by atoms with Crippen molar-refractivity contribution in [3.8, 4) is 0 Å². The quantitative estimate of drug-likeness (QED) is 0.859. The number of hydrogen-bond donors (Lipinski definition) is 1. The maximum Gasteiger partial charge on any atom is 0.324 e. The van der Waals surface area contributed by atoms with Crippen molar-refractivity contribution >= 4 is 11.7 Å². The van der Waals surface area contributed by atoms with Crippen LogP contribution in [0.5, 0.6) is 0 Å². The van der Waals surface area contributed by atoms with Crippen molar-refractivity contribution < 1.29 is 4.79 Å². The van der Waals surface area contributed by atoms with Gasteiger partial charge in [-0.2, -0.15) is 0 Å². The summed E-state index contributed by atoms with van der Waals surface area (Å²) in [4.78, 5) is 15.5. The molecule has 0 aliphatic carbocycles. The predicted molar refractivity (Wildman–Crippen MR) is 72.0 cm³/mol. The second-order valence-corrected chi connectivity index (χ2v) is 5.14. The van der Waals surface area contributed by atoms with Gasteiger partial charge in [-0.05, 0) is 36.6 Å². The first-order valence-electron chi connectivity index (χ1n) is 6.59. The van der Waals surface area contributed by atoms with Crippen LogP contribution in [0.3, 0.4) is 0 Å². The van der Waals surface area contributed by atoms with Gasteiger partial charge in [-0.3, -0.25) is 4.90 Å². The van der Waals surface area contributed by atoms with Crippen molar-refractivity contribution in [1.29, 1.82) is 0 Å². The monoisotopic (exact) mass is 245 g/mol. The number of benzene rings is 1. The van der Waals surface area contributed by atoms with Crippen LogP contribution in [0.1, 0.15) is 17.9 Å². The molecule has 4 heteroatoms. The summed E-state index contributed by atoms with van der Waals surface area (Å²) in [5.74, 6) is 0.635. The highest BCUT2D eigenvalue weighted by Gasteiger charge is 2.26. The molecule has 0 spiro atoms. The van der Waals surface area contributed by atoms with Crippen LogP contribution in [0.25, 0.3) is 0 Å². The van der Waals surface area contributed by atoms with E-state index >= 15 is 0 Å². The van der Waals surface area contributed by atoms with Crippen LogP contribution in [-0.2, 0) is 0 Å². The molecule has 1 aromatic carbocycles. The zero-order valence-electron chi connectivity index (χ0n) is 10.7. The molecule has 2 heterocycles. The Morgan fingerprint density at radius 1 is 1.22 bits per heavy atom. The zero-order valence-corrected chi connectivity index (χ0v) is 10.7. The van der Waals surface area contributed by atoms with E-state index in [1.165, 1.54) is 12.0 Å².